The maximum absolute atomic E-state index is 13.6. The van der Waals surface area contributed by atoms with Gasteiger partial charge in [-0.15, -0.1) is 11.8 Å². The van der Waals surface area contributed by atoms with Gasteiger partial charge in [-0.05, 0) is 29.8 Å². The van der Waals surface area contributed by atoms with Gasteiger partial charge in [0.2, 0.25) is 5.91 Å². The van der Waals surface area contributed by atoms with Gasteiger partial charge in [-0.3, -0.25) is 9.78 Å². The number of benzene rings is 3. The molecule has 1 atom stereocenters. The predicted molar refractivity (Wildman–Crippen MR) is 126 cm³/mol. The monoisotopic (exact) mass is 426 g/mol. The van der Waals surface area contributed by atoms with Crippen LogP contribution < -0.4 is 9.64 Å². The number of amides is 1. The second-order valence-corrected chi connectivity index (χ2v) is 8.74. The molecule has 1 aliphatic heterocycles. The fourth-order valence-corrected chi connectivity index (χ4v) is 5.43. The minimum atomic E-state index is -0.0135. The Balaban J connectivity index is 1.56. The van der Waals surface area contributed by atoms with Crippen LogP contribution in [0.4, 0.5) is 5.69 Å². The Morgan fingerprint density at radius 2 is 1.81 bits per heavy atom. The van der Waals surface area contributed by atoms with E-state index in [-0.39, 0.29) is 11.2 Å². The largest absolute Gasteiger partial charge is 0.496 e. The van der Waals surface area contributed by atoms with Crippen molar-refractivity contribution in [2.75, 3.05) is 12.0 Å². The second kappa shape index (κ2) is 8.44. The van der Waals surface area contributed by atoms with Crippen LogP contribution >= 0.6 is 11.8 Å². The molecule has 4 aromatic rings. The number of rotatable bonds is 4. The normalized spacial score (nSPS) is 16.1. The van der Waals surface area contributed by atoms with E-state index in [1.165, 1.54) is 0 Å². The van der Waals surface area contributed by atoms with Crippen LogP contribution in [-0.2, 0) is 11.3 Å². The number of carbonyl (C=O) groups excluding carboxylic acids is 1. The number of hydrogen-bond acceptors (Lipinski definition) is 4. The van der Waals surface area contributed by atoms with Gasteiger partial charge in [0.25, 0.3) is 0 Å². The molecule has 31 heavy (non-hydrogen) atoms. The lowest BCUT2D eigenvalue weighted by Crippen LogP contribution is -2.30. The summed E-state index contributed by atoms with van der Waals surface area (Å²) < 4.78 is 5.59. The first kappa shape index (κ1) is 19.6. The number of thioether (sulfide) groups is 1. The Kier molecular flexibility index (Phi) is 5.35. The Hall–Kier alpha value is -3.31. The van der Waals surface area contributed by atoms with E-state index < -0.39 is 0 Å². The Morgan fingerprint density at radius 3 is 2.71 bits per heavy atom. The molecule has 0 aliphatic carbocycles. The van der Waals surface area contributed by atoms with Crippen molar-refractivity contribution in [3.05, 3.63) is 96.2 Å². The smallest absolute Gasteiger partial charge is 0.228 e. The highest BCUT2D eigenvalue weighted by Gasteiger charge is 2.30. The van der Waals surface area contributed by atoms with Crippen LogP contribution in [0.5, 0.6) is 5.75 Å². The highest BCUT2D eigenvalue weighted by Crippen LogP contribution is 2.48. The van der Waals surface area contributed by atoms with Crippen LogP contribution in [0.25, 0.3) is 10.9 Å². The summed E-state index contributed by atoms with van der Waals surface area (Å²) in [5, 5.41) is 1.07. The number of pyridine rings is 1. The molecule has 4 nitrogen and oxygen atoms in total. The molecule has 1 aliphatic rings. The molecule has 1 unspecified atom stereocenters. The summed E-state index contributed by atoms with van der Waals surface area (Å²) in [7, 11) is 1.68. The van der Waals surface area contributed by atoms with Crippen LogP contribution in [0.15, 0.2) is 90.0 Å². The number of anilines is 1. The quantitative estimate of drug-likeness (QED) is 0.401. The van der Waals surface area contributed by atoms with E-state index in [9.17, 15) is 4.79 Å². The first-order valence-electron chi connectivity index (χ1n) is 10.3. The fourth-order valence-electron chi connectivity index (χ4n) is 4.12. The Morgan fingerprint density at radius 1 is 1.00 bits per heavy atom. The van der Waals surface area contributed by atoms with E-state index in [2.05, 4.69) is 35.3 Å². The number of aromatic nitrogens is 1. The zero-order valence-corrected chi connectivity index (χ0v) is 18.0. The summed E-state index contributed by atoms with van der Waals surface area (Å²) in [6.45, 7) is 0.489. The maximum atomic E-state index is 13.6. The molecule has 5 rings (SSSR count). The maximum Gasteiger partial charge on any atom is 0.228 e. The molecule has 0 saturated carbocycles. The Bertz CT molecular complexity index is 1250. The summed E-state index contributed by atoms with van der Waals surface area (Å²) in [6, 6.07) is 26.2. The van der Waals surface area contributed by atoms with E-state index in [0.717, 1.165) is 38.4 Å². The lowest BCUT2D eigenvalue weighted by atomic mass is 10.1. The molecule has 2 heterocycles. The van der Waals surface area contributed by atoms with Crippen LogP contribution in [0.3, 0.4) is 0 Å². The molecule has 5 heteroatoms. The van der Waals surface area contributed by atoms with Gasteiger partial charge in [0.1, 0.15) is 5.75 Å². The molecule has 3 aromatic carbocycles. The summed E-state index contributed by atoms with van der Waals surface area (Å²) in [5.41, 5.74) is 3.98. The lowest BCUT2D eigenvalue weighted by Gasteiger charge is -2.23. The van der Waals surface area contributed by atoms with E-state index in [0.29, 0.717) is 13.0 Å². The van der Waals surface area contributed by atoms with E-state index in [1.54, 1.807) is 25.1 Å². The van der Waals surface area contributed by atoms with Gasteiger partial charge in [0.15, 0.2) is 0 Å². The first-order chi connectivity index (χ1) is 15.2. The van der Waals surface area contributed by atoms with Gasteiger partial charge < -0.3 is 9.64 Å². The highest BCUT2D eigenvalue weighted by atomic mass is 32.2. The second-order valence-electron chi connectivity index (χ2n) is 7.49. The van der Waals surface area contributed by atoms with Crippen LogP contribution in [0.2, 0.25) is 0 Å². The van der Waals surface area contributed by atoms with Crippen molar-refractivity contribution in [1.82, 2.24) is 4.98 Å². The third kappa shape index (κ3) is 3.77. The molecule has 0 radical (unpaired) electrons. The third-order valence-corrected chi connectivity index (χ3v) is 6.92. The van der Waals surface area contributed by atoms with Gasteiger partial charge in [0.05, 0.1) is 24.9 Å². The number of ether oxygens (including phenoxy) is 1. The number of para-hydroxylation sites is 3. The summed E-state index contributed by atoms with van der Waals surface area (Å²) in [4.78, 5) is 21.1. The van der Waals surface area contributed by atoms with E-state index in [4.69, 9.17) is 4.74 Å². The number of hydrogen-bond donors (Lipinski definition) is 0. The van der Waals surface area contributed by atoms with Crippen molar-refractivity contribution in [2.24, 2.45) is 0 Å². The van der Waals surface area contributed by atoms with Crippen molar-refractivity contribution < 1.29 is 9.53 Å². The van der Waals surface area contributed by atoms with Gasteiger partial charge in [-0.25, -0.2) is 0 Å². The molecule has 154 valence electrons. The van der Waals surface area contributed by atoms with Gasteiger partial charge in [0, 0.05) is 33.7 Å². The van der Waals surface area contributed by atoms with Crippen molar-refractivity contribution >= 4 is 34.3 Å². The molecule has 0 N–H and O–H groups in total. The number of carbonyl (C=O) groups is 1. The average molecular weight is 427 g/mol. The fraction of sp³-hybridized carbons (Fsp3) is 0.154. The molecule has 0 saturated heterocycles. The zero-order valence-electron chi connectivity index (χ0n) is 17.2. The zero-order chi connectivity index (χ0) is 21.2. The van der Waals surface area contributed by atoms with Crippen molar-refractivity contribution in [3.8, 4) is 5.75 Å². The SMILES string of the molecule is COc1ccccc1C1CC(=O)N(Cc2cccc3cccnc23)c2ccccc2S1. The molecule has 0 spiro atoms. The van der Waals surface area contributed by atoms with Crippen LogP contribution in [0, 0.1) is 0 Å². The number of methoxy groups -OCH3 is 1. The summed E-state index contributed by atoms with van der Waals surface area (Å²) >= 11 is 1.72. The van der Waals surface area contributed by atoms with Crippen molar-refractivity contribution in [3.63, 3.8) is 0 Å². The lowest BCUT2D eigenvalue weighted by molar-refractivity contribution is -0.118. The van der Waals surface area contributed by atoms with Crippen LogP contribution in [0.1, 0.15) is 22.8 Å². The average Bonchev–Trinajstić information content (AvgIpc) is 2.95. The minimum Gasteiger partial charge on any atom is -0.496 e. The Labute approximate surface area is 185 Å². The van der Waals surface area contributed by atoms with Gasteiger partial charge in [-0.2, -0.15) is 0 Å². The standard InChI is InChI=1S/C26H22N2O2S/c1-30-22-13-4-2-11-20(22)24-16-25(29)28(21-12-3-5-14-23(21)31-24)17-19-9-6-8-18-10-7-15-27-26(18)19/h2-15,24H,16-17H2,1H3. The van der Waals surface area contributed by atoms with Crippen molar-refractivity contribution in [2.45, 2.75) is 23.1 Å². The summed E-state index contributed by atoms with van der Waals surface area (Å²) in [5.74, 6) is 0.915. The topological polar surface area (TPSA) is 42.4 Å². The van der Waals surface area contributed by atoms with E-state index >= 15 is 0 Å². The molecular weight excluding hydrogens is 404 g/mol. The molecular formula is C26H22N2O2S. The predicted octanol–water partition coefficient (Wildman–Crippen LogP) is 6.01. The first-order valence-corrected chi connectivity index (χ1v) is 11.1. The highest BCUT2D eigenvalue weighted by molar-refractivity contribution is 7.99. The molecule has 0 bridgehead atoms. The number of nitrogens with zero attached hydrogens (tertiary/aromatic N) is 2. The molecule has 1 aromatic heterocycles. The number of fused-ring (bicyclic) bond motifs is 2. The molecule has 1 amide bonds. The van der Waals surface area contributed by atoms with Crippen LogP contribution in [-0.4, -0.2) is 18.0 Å². The minimum absolute atomic E-state index is 0.0135. The van der Waals surface area contributed by atoms with E-state index in [1.807, 2.05) is 53.4 Å². The third-order valence-electron chi connectivity index (χ3n) is 5.62. The molecule has 0 fully saturated rings. The summed E-state index contributed by atoms with van der Waals surface area (Å²) in [6.07, 6.45) is 2.20. The van der Waals surface area contributed by atoms with Crippen molar-refractivity contribution in [1.29, 1.82) is 0 Å². The van der Waals surface area contributed by atoms with Gasteiger partial charge >= 0.3 is 0 Å². The van der Waals surface area contributed by atoms with Gasteiger partial charge in [-0.1, -0.05) is 54.6 Å².